The minimum absolute atomic E-state index is 0. The quantitative estimate of drug-likeness (QED) is 0.236. The van der Waals surface area contributed by atoms with Gasteiger partial charge in [-0.1, -0.05) is 24.3 Å². The van der Waals surface area contributed by atoms with Crippen molar-refractivity contribution in [2.45, 2.75) is 22.0 Å². The molecule has 0 fully saturated rings. The Bertz CT molecular complexity index is 880. The van der Waals surface area contributed by atoms with Crippen LogP contribution < -0.4 is 28.8 Å². The Hall–Kier alpha value is -1.01. The molecule has 0 aromatic heterocycles. The molecule has 148 valence electrons. The van der Waals surface area contributed by atoms with Crippen LogP contribution in [0.25, 0.3) is 0 Å². The Labute approximate surface area is 177 Å². The van der Waals surface area contributed by atoms with Crippen LogP contribution in [-0.2, 0) is 16.7 Å². The summed E-state index contributed by atoms with van der Waals surface area (Å²) < 4.78 is 89.8. The van der Waals surface area contributed by atoms with E-state index in [2.05, 4.69) is 0 Å². The van der Waals surface area contributed by atoms with Gasteiger partial charge < -0.3 is 14.1 Å². The van der Waals surface area contributed by atoms with Crippen molar-refractivity contribution in [2.75, 3.05) is 0 Å². The normalized spacial score (nSPS) is 12.8. The molecule has 0 heterocycles. The number of benzene rings is 2. The van der Waals surface area contributed by atoms with Gasteiger partial charge >= 0.3 is 29.4 Å². The maximum absolute atomic E-state index is 13.5. The van der Waals surface area contributed by atoms with E-state index in [0.29, 0.717) is 0 Å². The average Bonchev–Trinajstić information content (AvgIpc) is 2.60. The van der Waals surface area contributed by atoms with Gasteiger partial charge in [-0.3, -0.25) is 0 Å². The molecule has 28 heavy (non-hydrogen) atoms. The van der Waals surface area contributed by atoms with Gasteiger partial charge in [-0.2, -0.15) is 17.6 Å². The van der Waals surface area contributed by atoms with E-state index in [1.807, 2.05) is 0 Å². The fourth-order valence-electron chi connectivity index (χ4n) is 1.86. The molecule has 0 aliphatic carbocycles. The van der Waals surface area contributed by atoms with Gasteiger partial charge in [-0.15, -0.1) is 0 Å². The number of alkyl halides is 4. The molecule has 0 amide bonds. The Morgan fingerprint density at radius 3 is 2.04 bits per heavy atom. The maximum Gasteiger partial charge on any atom is 1.00 e. The summed E-state index contributed by atoms with van der Waals surface area (Å²) in [5.41, 5.74) is 0.798. The van der Waals surface area contributed by atoms with Gasteiger partial charge in [0, 0.05) is 4.90 Å². The molecular formula is C15H13F4LiO5S2Si. The molecule has 0 radical (unpaired) electrons. The first-order valence-electron chi connectivity index (χ1n) is 7.28. The van der Waals surface area contributed by atoms with Gasteiger partial charge in [0.1, 0.15) is 12.4 Å². The maximum atomic E-state index is 13.5. The monoisotopic (exact) mass is 448 g/mol. The van der Waals surface area contributed by atoms with E-state index in [1.165, 1.54) is 12.1 Å². The van der Waals surface area contributed by atoms with Crippen LogP contribution in [0.3, 0.4) is 0 Å². The van der Waals surface area contributed by atoms with Gasteiger partial charge in [0.15, 0.2) is 19.9 Å². The molecule has 2 aromatic carbocycles. The van der Waals surface area contributed by atoms with Crippen molar-refractivity contribution in [1.29, 1.82) is 0 Å². The van der Waals surface area contributed by atoms with Crippen LogP contribution in [0.2, 0.25) is 0 Å². The number of hydrogen-bond donors (Lipinski definition) is 1. The van der Waals surface area contributed by atoms with E-state index in [1.54, 1.807) is 24.3 Å². The smallest absolute Gasteiger partial charge is 0.743 e. The summed E-state index contributed by atoms with van der Waals surface area (Å²) in [5, 5.41) is -10.0. The summed E-state index contributed by atoms with van der Waals surface area (Å²) in [6.07, 6.45) is 0. The zero-order valence-electron chi connectivity index (χ0n) is 14.4. The standard InChI is InChI=1S/C15H14F4O5S2Si.Li/c16-14(17,15(18,19)26(20,21)22)25-12-5-3-11(4-6-12)24-9-10-1-7-13(27-23)8-2-10;/h1-8,23H,9,27H2,(H,20,21,22);/q;+1/p-1. The molecule has 0 aliphatic heterocycles. The SMILES string of the molecule is O=S(=O)([O-])C(F)(F)C(F)(F)Sc1ccc(OCc2ccc([SiH2]O)cc2)cc1.[Li+]. The third kappa shape index (κ3) is 5.99. The van der Waals surface area contributed by atoms with Crippen molar-refractivity contribution in [2.24, 2.45) is 0 Å². The predicted octanol–water partition coefficient (Wildman–Crippen LogP) is -1.21. The van der Waals surface area contributed by atoms with Crippen molar-refractivity contribution in [3.8, 4) is 5.75 Å². The van der Waals surface area contributed by atoms with Crippen LogP contribution in [0.4, 0.5) is 17.6 Å². The van der Waals surface area contributed by atoms with Crippen LogP contribution in [0.1, 0.15) is 5.56 Å². The molecule has 5 nitrogen and oxygen atoms in total. The first-order chi connectivity index (χ1) is 12.5. The summed E-state index contributed by atoms with van der Waals surface area (Å²) >= 11 is -0.731. The molecule has 0 spiro atoms. The molecule has 0 aliphatic rings. The summed E-state index contributed by atoms with van der Waals surface area (Å²) in [4.78, 5) is 8.72. The molecule has 2 aromatic rings. The number of rotatable bonds is 8. The van der Waals surface area contributed by atoms with Crippen molar-refractivity contribution >= 4 is 36.8 Å². The van der Waals surface area contributed by atoms with Crippen LogP contribution in [0.5, 0.6) is 5.75 Å². The van der Waals surface area contributed by atoms with Crippen LogP contribution >= 0.6 is 11.8 Å². The second kappa shape index (κ2) is 9.66. The van der Waals surface area contributed by atoms with Crippen molar-refractivity contribution in [1.82, 2.24) is 0 Å². The third-order valence-electron chi connectivity index (χ3n) is 3.33. The third-order valence-corrected chi connectivity index (χ3v) is 6.20. The van der Waals surface area contributed by atoms with Crippen LogP contribution in [0.15, 0.2) is 53.4 Å². The molecule has 0 saturated carbocycles. The summed E-state index contributed by atoms with van der Waals surface area (Å²) in [6, 6.07) is 11.6. The minimum atomic E-state index is -6.52. The van der Waals surface area contributed by atoms with Crippen molar-refractivity contribution in [3.05, 3.63) is 54.1 Å². The van der Waals surface area contributed by atoms with Gasteiger partial charge in [0.05, 0.1) is 0 Å². The summed E-state index contributed by atoms with van der Waals surface area (Å²) in [5.74, 6) is 0.270. The second-order valence-corrected chi connectivity index (χ2v) is 9.07. The van der Waals surface area contributed by atoms with Crippen LogP contribution in [0, 0.1) is 0 Å². The van der Waals surface area contributed by atoms with E-state index >= 15 is 0 Å². The van der Waals surface area contributed by atoms with Crippen molar-refractivity contribution in [3.63, 3.8) is 0 Å². The van der Waals surface area contributed by atoms with Gasteiger partial charge in [0.25, 0.3) is 0 Å². The Balaban J connectivity index is 0.00000392. The summed E-state index contributed by atoms with van der Waals surface area (Å²) in [6.45, 7) is 0.155. The van der Waals surface area contributed by atoms with Crippen LogP contribution in [-0.4, -0.2) is 38.0 Å². The molecule has 2 rings (SSSR count). The molecular weight excluding hydrogens is 435 g/mol. The van der Waals surface area contributed by atoms with E-state index in [4.69, 9.17) is 9.53 Å². The summed E-state index contributed by atoms with van der Waals surface area (Å²) in [7, 11) is -7.77. The van der Waals surface area contributed by atoms with E-state index in [9.17, 15) is 30.5 Å². The largest absolute Gasteiger partial charge is 1.00 e. The second-order valence-electron chi connectivity index (χ2n) is 5.32. The number of hydrogen-bond acceptors (Lipinski definition) is 6. The fourth-order valence-corrected chi connectivity index (χ4v) is 3.72. The van der Waals surface area contributed by atoms with Gasteiger partial charge in [-0.05, 0) is 46.8 Å². The van der Waals surface area contributed by atoms with Gasteiger partial charge in [0.2, 0.25) is 0 Å². The average molecular weight is 448 g/mol. The first-order valence-corrected chi connectivity index (χ1v) is 10.8. The number of thioether (sulfide) groups is 1. The number of ether oxygens (including phenoxy) is 1. The van der Waals surface area contributed by atoms with E-state index in [0.717, 1.165) is 22.9 Å². The molecule has 1 N–H and O–H groups in total. The zero-order valence-corrected chi connectivity index (χ0v) is 17.5. The van der Waals surface area contributed by atoms with Crippen molar-refractivity contribution < 1.29 is 58.9 Å². The minimum Gasteiger partial charge on any atom is -0.743 e. The Morgan fingerprint density at radius 1 is 1.04 bits per heavy atom. The topological polar surface area (TPSA) is 86.7 Å². The molecule has 0 bridgehead atoms. The predicted molar refractivity (Wildman–Crippen MR) is 93.1 cm³/mol. The Kier molecular flexibility index (Phi) is 8.64. The molecule has 13 heteroatoms. The zero-order chi connectivity index (χ0) is 20.3. The Morgan fingerprint density at radius 2 is 1.57 bits per heavy atom. The van der Waals surface area contributed by atoms with Gasteiger partial charge in [-0.25, -0.2) is 8.42 Å². The molecule has 0 atom stereocenters. The molecule has 0 unspecified atom stereocenters. The fraction of sp³-hybridized carbons (Fsp3) is 0.200. The number of halogens is 4. The first kappa shape index (κ1) is 25.0. The van der Waals surface area contributed by atoms with E-state index in [-0.39, 0.29) is 36.1 Å². The molecule has 0 saturated heterocycles. The van der Waals surface area contributed by atoms with E-state index < -0.39 is 42.2 Å².